The fourth-order valence-corrected chi connectivity index (χ4v) is 8.84. The molecule has 15 nitrogen and oxygen atoms in total. The van der Waals surface area contributed by atoms with Crippen LogP contribution in [0.1, 0.15) is 122 Å². The number of carbonyl (C=O) groups is 1. The van der Waals surface area contributed by atoms with Crippen LogP contribution in [0, 0.1) is 20.2 Å². The van der Waals surface area contributed by atoms with Crippen LogP contribution >= 0.6 is 0 Å². The normalized spacial score (nSPS) is 11.5. The van der Waals surface area contributed by atoms with Crippen LogP contribution < -0.4 is 18.9 Å². The van der Waals surface area contributed by atoms with Gasteiger partial charge in [-0.25, -0.2) is 4.79 Å². The second kappa shape index (κ2) is 31.3. The van der Waals surface area contributed by atoms with E-state index in [1.165, 1.54) is 49.6 Å². The number of esters is 1. The number of phenols is 1. The highest BCUT2D eigenvalue weighted by atomic mass is 16.8. The summed E-state index contributed by atoms with van der Waals surface area (Å²) in [4.78, 5) is 37.1. The second-order valence-corrected chi connectivity index (χ2v) is 20.6. The van der Waals surface area contributed by atoms with Gasteiger partial charge in [-0.1, -0.05) is 95.2 Å². The molecule has 0 aromatic heterocycles. The van der Waals surface area contributed by atoms with Gasteiger partial charge in [0.1, 0.15) is 17.2 Å². The quantitative estimate of drug-likeness (QED) is 0.00930. The van der Waals surface area contributed by atoms with Gasteiger partial charge in [-0.05, 0) is 186 Å². The Hall–Kier alpha value is -9.15. The number of rotatable bonds is 28. The minimum absolute atomic E-state index is 0.0537. The summed E-state index contributed by atoms with van der Waals surface area (Å²) in [5.74, 6) is 0.734. The number of phenolic OH excluding ortho intramolecular Hbond substituents is 1. The first kappa shape index (κ1) is 64.0. The lowest BCUT2D eigenvalue weighted by Crippen LogP contribution is -2.21. The van der Waals surface area contributed by atoms with Gasteiger partial charge in [0.15, 0.2) is 18.3 Å². The minimum atomic E-state index is -1.15. The second-order valence-electron chi connectivity index (χ2n) is 20.6. The molecule has 0 aliphatic rings. The van der Waals surface area contributed by atoms with E-state index in [-0.39, 0.29) is 41.7 Å². The molecule has 0 fully saturated rings. The lowest BCUT2D eigenvalue weighted by Gasteiger charge is -2.24. The number of methoxy groups -OCH3 is 4. The van der Waals surface area contributed by atoms with Gasteiger partial charge < -0.3 is 38.3 Å². The zero-order valence-corrected chi connectivity index (χ0v) is 49.6. The number of nitro benzene ring substituents is 2. The topological polar surface area (TPSA) is 188 Å². The van der Waals surface area contributed by atoms with E-state index in [0.717, 1.165) is 40.7 Å². The summed E-state index contributed by atoms with van der Waals surface area (Å²) in [7, 11) is 6.07. The van der Waals surface area contributed by atoms with Gasteiger partial charge in [0.05, 0.1) is 22.5 Å². The van der Waals surface area contributed by atoms with Crippen LogP contribution in [-0.2, 0) is 33.5 Å². The lowest BCUT2D eigenvalue weighted by molar-refractivity contribution is -0.385. The smallest absolute Gasteiger partial charge is 0.343 e. The summed E-state index contributed by atoms with van der Waals surface area (Å²) in [5.41, 5.74) is 11.4. The summed E-state index contributed by atoms with van der Waals surface area (Å²) >= 11 is 0. The van der Waals surface area contributed by atoms with E-state index < -0.39 is 22.3 Å². The summed E-state index contributed by atoms with van der Waals surface area (Å²) in [5, 5.41) is 35.3. The molecule has 6 aromatic carbocycles. The number of nitrogens with zero attached hydrogens (tertiary/aromatic N) is 2. The van der Waals surface area contributed by atoms with Crippen molar-refractivity contribution in [3.8, 4) is 39.9 Å². The average Bonchev–Trinajstić information content (AvgIpc) is 1.55. The van der Waals surface area contributed by atoms with Crippen LogP contribution in [0.25, 0.3) is 47.6 Å². The Morgan fingerprint density at radius 3 is 1.61 bits per heavy atom. The Bertz CT molecular complexity index is 3500. The first-order valence-electron chi connectivity index (χ1n) is 27.3. The number of non-ortho nitro benzene ring substituents is 2. The molecule has 0 aliphatic heterocycles. The third kappa shape index (κ3) is 18.4. The van der Waals surface area contributed by atoms with Crippen LogP contribution in [0.4, 0.5) is 11.4 Å². The molecular formula is C69H74N2O13. The number of carbonyl (C=O) groups excluding carboxylic acids is 1. The molecule has 0 radical (unpaired) electrons. The first-order chi connectivity index (χ1) is 40.3. The minimum Gasteiger partial charge on any atom is -0.507 e. The molecule has 0 bridgehead atoms. The molecule has 0 atom stereocenters. The Morgan fingerprint density at radius 1 is 0.571 bits per heavy atom. The third-order valence-corrected chi connectivity index (χ3v) is 13.3. The molecule has 0 aliphatic carbocycles. The van der Waals surface area contributed by atoms with Crippen molar-refractivity contribution in [1.29, 1.82) is 0 Å². The van der Waals surface area contributed by atoms with E-state index in [1.807, 2.05) is 88.4 Å². The molecular weight excluding hydrogens is 1060 g/mol. The highest BCUT2D eigenvalue weighted by Gasteiger charge is 2.27. The highest BCUT2D eigenvalue weighted by molar-refractivity contribution is 5.96. The molecule has 0 unspecified atom stereocenters. The van der Waals surface area contributed by atoms with Crippen molar-refractivity contribution >= 4 is 53.8 Å². The summed E-state index contributed by atoms with van der Waals surface area (Å²) in [6.07, 6.45) is 22.4. The van der Waals surface area contributed by atoms with E-state index in [2.05, 4.69) is 39.0 Å². The fourth-order valence-electron chi connectivity index (χ4n) is 8.84. The maximum atomic E-state index is 14.9. The van der Waals surface area contributed by atoms with E-state index in [9.17, 15) is 30.1 Å². The first-order valence-corrected chi connectivity index (χ1v) is 27.3. The molecule has 0 saturated carbocycles. The van der Waals surface area contributed by atoms with E-state index in [1.54, 1.807) is 74.9 Å². The monoisotopic (exact) mass is 1140 g/mol. The number of hydrogen-bond donors (Lipinski definition) is 1. The molecule has 0 spiro atoms. The van der Waals surface area contributed by atoms with Crippen molar-refractivity contribution in [2.24, 2.45) is 0 Å². The SMILES string of the molecule is COCOc1c(CC=C(C)CCC=C(C)C)cc(C=Cc2ccc(C(=O)Oc3c(CC=C(C)C)c(O)cc(C=Cc4ccc([N+](=O)[O-])cc4)c3-c3cc(C=Cc4ccc([N+](=O)[O-])cc4)cc(OC(OC)OC)c3CC=C(C)C)cc2)cc1OC. The van der Waals surface area contributed by atoms with Crippen LogP contribution in [0.15, 0.2) is 150 Å². The third-order valence-electron chi connectivity index (χ3n) is 13.3. The standard InChI is InChI=1S/C69H74N2O13/c1-45(2)13-12-14-48(7)17-29-56-39-52(42-64(79-9)66(56)82-44-78-8)20-18-49-22-30-54(31-23-49)68(73)84-67-60(38-16-47(5)6)62(72)43-55(32-24-51-27-35-58(36-28-51)71(76)77)65(67)61-40-53(21-19-50-25-33-57(34-26-50)70(74)75)41-63(83-69(80-10)81-11)59(61)37-15-46(3)4/h13,15-28,30-36,39-43,69,72H,12,14,29,37-38,44H2,1-11H3. The van der Waals surface area contributed by atoms with Crippen LogP contribution in [-0.4, -0.2) is 62.6 Å². The van der Waals surface area contributed by atoms with Gasteiger partial charge in [0.25, 0.3) is 11.4 Å². The predicted octanol–water partition coefficient (Wildman–Crippen LogP) is 16.8. The lowest BCUT2D eigenvalue weighted by atomic mass is 9.87. The van der Waals surface area contributed by atoms with Crippen molar-refractivity contribution in [1.82, 2.24) is 0 Å². The van der Waals surface area contributed by atoms with Crippen molar-refractivity contribution < 1.29 is 52.9 Å². The molecule has 6 rings (SSSR count). The summed E-state index contributed by atoms with van der Waals surface area (Å²) < 4.78 is 41.4. The molecule has 84 heavy (non-hydrogen) atoms. The maximum Gasteiger partial charge on any atom is 0.343 e. The molecule has 0 saturated heterocycles. The fraction of sp³-hybridized carbons (Fsp3) is 0.261. The van der Waals surface area contributed by atoms with Gasteiger partial charge in [-0.2, -0.15) is 0 Å². The average molecular weight is 1140 g/mol. The van der Waals surface area contributed by atoms with Gasteiger partial charge in [-0.3, -0.25) is 20.2 Å². The Balaban J connectivity index is 1.53. The van der Waals surface area contributed by atoms with Gasteiger partial charge in [-0.15, -0.1) is 0 Å². The number of benzene rings is 6. The van der Waals surface area contributed by atoms with Crippen LogP contribution in [0.2, 0.25) is 0 Å². The number of allylic oxidation sites excluding steroid dienone is 8. The van der Waals surface area contributed by atoms with Crippen molar-refractivity contribution in [3.05, 3.63) is 226 Å². The van der Waals surface area contributed by atoms with E-state index in [0.29, 0.717) is 74.6 Å². The Morgan fingerprint density at radius 2 is 1.08 bits per heavy atom. The zero-order valence-electron chi connectivity index (χ0n) is 49.6. The molecule has 1 N–H and O–H groups in total. The zero-order chi connectivity index (χ0) is 60.9. The van der Waals surface area contributed by atoms with Crippen molar-refractivity contribution in [3.63, 3.8) is 0 Å². The van der Waals surface area contributed by atoms with Crippen molar-refractivity contribution in [2.75, 3.05) is 35.2 Å². The maximum absolute atomic E-state index is 14.9. The largest absolute Gasteiger partial charge is 0.507 e. The molecule has 438 valence electrons. The van der Waals surface area contributed by atoms with Gasteiger partial charge in [0, 0.05) is 67.8 Å². The Kier molecular flexibility index (Phi) is 23.9. The van der Waals surface area contributed by atoms with E-state index in [4.69, 9.17) is 33.2 Å². The summed E-state index contributed by atoms with van der Waals surface area (Å²) in [6, 6.07) is 28.4. The van der Waals surface area contributed by atoms with Crippen molar-refractivity contribution in [2.45, 2.75) is 87.0 Å². The van der Waals surface area contributed by atoms with Crippen LogP contribution in [0.5, 0.6) is 28.7 Å². The number of aromatic hydroxyl groups is 1. The van der Waals surface area contributed by atoms with E-state index >= 15 is 0 Å². The number of nitro groups is 2. The molecule has 6 aromatic rings. The highest BCUT2D eigenvalue weighted by Crippen LogP contribution is 2.47. The molecule has 0 heterocycles. The molecule has 0 amide bonds. The number of ether oxygens (including phenoxy) is 7. The van der Waals surface area contributed by atoms with Gasteiger partial charge >= 0.3 is 12.4 Å². The predicted molar refractivity (Wildman–Crippen MR) is 334 cm³/mol. The van der Waals surface area contributed by atoms with Crippen LogP contribution in [0.3, 0.4) is 0 Å². The summed E-state index contributed by atoms with van der Waals surface area (Å²) in [6.45, 7) is 13.0. The Labute approximate surface area is 492 Å². The number of hydrogen-bond acceptors (Lipinski definition) is 13. The molecule has 15 heteroatoms. The van der Waals surface area contributed by atoms with Gasteiger partial charge in [0.2, 0.25) is 0 Å².